The van der Waals surface area contributed by atoms with Crippen molar-refractivity contribution >= 4 is 15.7 Å². The van der Waals surface area contributed by atoms with Gasteiger partial charge in [-0.3, -0.25) is 0 Å². The first kappa shape index (κ1) is 15.6. The Balaban J connectivity index is 2.35. The van der Waals surface area contributed by atoms with Gasteiger partial charge in [0.2, 0.25) is 10.0 Å². The average molecular weight is 308 g/mol. The molecule has 0 aliphatic heterocycles. The van der Waals surface area contributed by atoms with Crippen molar-refractivity contribution in [2.45, 2.75) is 38.6 Å². The predicted octanol–water partition coefficient (Wildman–Crippen LogP) is 2.83. The predicted molar refractivity (Wildman–Crippen MR) is 82.5 cm³/mol. The number of benzene rings is 1. The summed E-state index contributed by atoms with van der Waals surface area (Å²) >= 11 is 0. The van der Waals surface area contributed by atoms with Crippen LogP contribution >= 0.6 is 0 Å². The summed E-state index contributed by atoms with van der Waals surface area (Å²) in [6, 6.07) is 6.49. The van der Waals surface area contributed by atoms with Crippen molar-refractivity contribution in [2.24, 2.45) is 0 Å². The Hall–Kier alpha value is -1.79. The first-order valence-corrected chi connectivity index (χ1v) is 8.14. The van der Waals surface area contributed by atoms with E-state index < -0.39 is 16.1 Å². The van der Waals surface area contributed by atoms with Crippen molar-refractivity contribution in [3.8, 4) is 0 Å². The molecule has 1 atom stereocenters. The maximum atomic E-state index is 12.5. The SMILES string of the molecule is Cc1cc(N)c(C)c(S(=O)(=O)NC(C)c2ccc(C)o2)c1. The molecule has 114 valence electrons. The Kier molecular flexibility index (Phi) is 4.11. The molecule has 21 heavy (non-hydrogen) atoms. The van der Waals surface area contributed by atoms with E-state index in [1.54, 1.807) is 38.1 Å². The molecule has 0 bridgehead atoms. The number of nitrogen functional groups attached to an aromatic ring is 1. The van der Waals surface area contributed by atoms with Crippen molar-refractivity contribution in [2.75, 3.05) is 5.73 Å². The molecule has 1 aromatic heterocycles. The second kappa shape index (κ2) is 5.54. The number of nitrogens with two attached hydrogens (primary N) is 1. The molecule has 0 spiro atoms. The highest BCUT2D eigenvalue weighted by Crippen LogP contribution is 2.25. The van der Waals surface area contributed by atoms with Crippen LogP contribution in [0.3, 0.4) is 0 Å². The molecule has 2 aromatic rings. The third kappa shape index (κ3) is 3.28. The van der Waals surface area contributed by atoms with Crippen LogP contribution in [-0.2, 0) is 10.0 Å². The van der Waals surface area contributed by atoms with Gasteiger partial charge in [0.1, 0.15) is 11.5 Å². The fraction of sp³-hybridized carbons (Fsp3) is 0.333. The molecule has 5 nitrogen and oxygen atoms in total. The minimum Gasteiger partial charge on any atom is -0.465 e. The number of hydrogen-bond acceptors (Lipinski definition) is 4. The van der Waals surface area contributed by atoms with E-state index in [1.165, 1.54) is 0 Å². The third-order valence-corrected chi connectivity index (χ3v) is 5.02. The van der Waals surface area contributed by atoms with Gasteiger partial charge in [-0.15, -0.1) is 0 Å². The van der Waals surface area contributed by atoms with Gasteiger partial charge in [0, 0.05) is 5.69 Å². The lowest BCUT2D eigenvalue weighted by Crippen LogP contribution is -2.27. The summed E-state index contributed by atoms with van der Waals surface area (Å²) in [6.45, 7) is 7.07. The fourth-order valence-corrected chi connectivity index (χ4v) is 3.74. The van der Waals surface area contributed by atoms with Gasteiger partial charge < -0.3 is 10.2 Å². The minimum absolute atomic E-state index is 0.204. The topological polar surface area (TPSA) is 85.3 Å². The van der Waals surface area contributed by atoms with Crippen molar-refractivity contribution in [1.82, 2.24) is 4.72 Å². The van der Waals surface area contributed by atoms with Crippen LogP contribution in [0, 0.1) is 20.8 Å². The zero-order valence-electron chi connectivity index (χ0n) is 12.6. The van der Waals surface area contributed by atoms with Crippen LogP contribution in [0.2, 0.25) is 0 Å². The van der Waals surface area contributed by atoms with E-state index in [1.807, 2.05) is 13.8 Å². The number of rotatable bonds is 4. The van der Waals surface area contributed by atoms with E-state index in [2.05, 4.69) is 4.72 Å². The zero-order chi connectivity index (χ0) is 15.8. The molecule has 0 radical (unpaired) electrons. The van der Waals surface area contributed by atoms with Crippen LogP contribution in [0.15, 0.2) is 33.6 Å². The van der Waals surface area contributed by atoms with Crippen molar-refractivity contribution in [3.63, 3.8) is 0 Å². The first-order chi connectivity index (χ1) is 9.70. The van der Waals surface area contributed by atoms with Crippen LogP contribution in [0.4, 0.5) is 5.69 Å². The van der Waals surface area contributed by atoms with Gasteiger partial charge in [0.25, 0.3) is 0 Å². The first-order valence-electron chi connectivity index (χ1n) is 6.66. The highest BCUT2D eigenvalue weighted by Gasteiger charge is 2.23. The molecule has 2 rings (SSSR count). The lowest BCUT2D eigenvalue weighted by Gasteiger charge is -2.15. The maximum absolute atomic E-state index is 12.5. The fourth-order valence-electron chi connectivity index (χ4n) is 2.17. The molecule has 0 saturated heterocycles. The summed E-state index contributed by atoms with van der Waals surface area (Å²) in [7, 11) is -3.66. The molecular formula is C15H20N2O3S. The average Bonchev–Trinajstić information content (AvgIpc) is 2.80. The molecule has 1 aromatic carbocycles. The van der Waals surface area contributed by atoms with E-state index in [-0.39, 0.29) is 4.90 Å². The van der Waals surface area contributed by atoms with E-state index >= 15 is 0 Å². The summed E-state index contributed by atoms with van der Waals surface area (Å²) in [6.07, 6.45) is 0. The molecular weight excluding hydrogens is 288 g/mol. The van der Waals surface area contributed by atoms with E-state index in [0.717, 1.165) is 11.3 Å². The summed E-state index contributed by atoms with van der Waals surface area (Å²) in [5.41, 5.74) is 7.68. The van der Waals surface area contributed by atoms with E-state index in [9.17, 15) is 8.42 Å². The number of anilines is 1. The van der Waals surface area contributed by atoms with Crippen LogP contribution in [-0.4, -0.2) is 8.42 Å². The van der Waals surface area contributed by atoms with Gasteiger partial charge in [-0.05, 0) is 63.1 Å². The van der Waals surface area contributed by atoms with Crippen molar-refractivity contribution < 1.29 is 12.8 Å². The third-order valence-electron chi connectivity index (χ3n) is 3.35. The van der Waals surface area contributed by atoms with Crippen LogP contribution in [0.1, 0.15) is 35.6 Å². The lowest BCUT2D eigenvalue weighted by molar-refractivity contribution is 0.441. The van der Waals surface area contributed by atoms with Gasteiger partial charge in [-0.25, -0.2) is 13.1 Å². The number of furan rings is 1. The number of sulfonamides is 1. The second-order valence-electron chi connectivity index (χ2n) is 5.27. The van der Waals surface area contributed by atoms with Gasteiger partial charge in [-0.2, -0.15) is 0 Å². The van der Waals surface area contributed by atoms with Crippen molar-refractivity contribution in [3.05, 3.63) is 46.9 Å². The maximum Gasteiger partial charge on any atom is 0.241 e. The molecule has 0 aliphatic carbocycles. The molecule has 0 aliphatic rings. The number of aryl methyl sites for hydroxylation is 2. The monoisotopic (exact) mass is 308 g/mol. The minimum atomic E-state index is -3.66. The summed E-state index contributed by atoms with van der Waals surface area (Å²) < 4.78 is 33.2. The van der Waals surface area contributed by atoms with Gasteiger partial charge >= 0.3 is 0 Å². The largest absolute Gasteiger partial charge is 0.465 e. The Labute approximate surface area is 125 Å². The zero-order valence-corrected chi connectivity index (χ0v) is 13.4. The summed E-state index contributed by atoms with van der Waals surface area (Å²) in [5.74, 6) is 1.32. The summed E-state index contributed by atoms with van der Waals surface area (Å²) in [5, 5.41) is 0. The van der Waals surface area contributed by atoms with Crippen LogP contribution in [0.25, 0.3) is 0 Å². The van der Waals surface area contributed by atoms with E-state index in [4.69, 9.17) is 10.2 Å². The smallest absolute Gasteiger partial charge is 0.241 e. The molecule has 1 heterocycles. The molecule has 0 saturated carbocycles. The Morgan fingerprint density at radius 2 is 1.86 bits per heavy atom. The molecule has 3 N–H and O–H groups in total. The van der Waals surface area contributed by atoms with Crippen LogP contribution < -0.4 is 10.5 Å². The Morgan fingerprint density at radius 1 is 1.19 bits per heavy atom. The van der Waals surface area contributed by atoms with Crippen LogP contribution in [0.5, 0.6) is 0 Å². The Morgan fingerprint density at radius 3 is 2.43 bits per heavy atom. The number of hydrogen-bond donors (Lipinski definition) is 2. The summed E-state index contributed by atoms with van der Waals surface area (Å²) in [4.78, 5) is 0.204. The van der Waals surface area contributed by atoms with E-state index in [0.29, 0.717) is 17.0 Å². The quantitative estimate of drug-likeness (QED) is 0.850. The standard InChI is InChI=1S/C15H20N2O3S/c1-9-7-13(16)11(3)15(8-9)21(18,19)17-12(4)14-6-5-10(2)20-14/h5-8,12,17H,16H2,1-4H3. The Bertz CT molecular complexity index is 763. The van der Waals surface area contributed by atoms with Gasteiger partial charge in [0.05, 0.1) is 10.9 Å². The van der Waals surface area contributed by atoms with Gasteiger partial charge in [-0.1, -0.05) is 0 Å². The normalized spacial score (nSPS) is 13.3. The highest BCUT2D eigenvalue weighted by atomic mass is 32.2. The second-order valence-corrected chi connectivity index (χ2v) is 6.95. The lowest BCUT2D eigenvalue weighted by atomic mass is 10.1. The number of nitrogens with one attached hydrogen (secondary N) is 1. The molecule has 0 fully saturated rings. The van der Waals surface area contributed by atoms with Gasteiger partial charge in [0.15, 0.2) is 0 Å². The van der Waals surface area contributed by atoms with Crippen molar-refractivity contribution in [1.29, 1.82) is 0 Å². The molecule has 1 unspecified atom stereocenters. The highest BCUT2D eigenvalue weighted by molar-refractivity contribution is 7.89. The molecule has 0 amide bonds. The molecule has 6 heteroatoms.